The van der Waals surface area contributed by atoms with Crippen molar-refractivity contribution in [3.05, 3.63) is 45.4 Å². The summed E-state index contributed by atoms with van der Waals surface area (Å²) in [6, 6.07) is 7.68. The van der Waals surface area contributed by atoms with E-state index < -0.39 is 0 Å². The van der Waals surface area contributed by atoms with E-state index in [0.29, 0.717) is 16.3 Å². The van der Waals surface area contributed by atoms with Gasteiger partial charge in [0.2, 0.25) is 0 Å². The Labute approximate surface area is 143 Å². The maximum Gasteiger partial charge on any atom is 0.271 e. The summed E-state index contributed by atoms with van der Waals surface area (Å²) in [4.78, 5) is 18.4. The second-order valence-electron chi connectivity index (χ2n) is 5.45. The number of hydrogen-bond acceptors (Lipinski definition) is 5. The average molecular weight is 347 g/mol. The number of anilines is 1. The lowest BCUT2D eigenvalue weighted by atomic mass is 10.1. The molecule has 1 amide bonds. The first-order valence-electron chi connectivity index (χ1n) is 7.25. The molecule has 0 spiro atoms. The standard InChI is InChI=1S/C16H15ClN4OS/c1-10-14(20-16(22)15-8-23-9-19-15)4-5-21(10)12-3-2-11(7-18)13(17)6-12/h2-3,6,8-10,14H,4-5H2,1H3,(H,20,22)/t10-,14-/m0/s1. The highest BCUT2D eigenvalue weighted by atomic mass is 35.5. The molecule has 2 heterocycles. The fourth-order valence-corrected chi connectivity index (χ4v) is 3.59. The lowest BCUT2D eigenvalue weighted by Gasteiger charge is -2.27. The Morgan fingerprint density at radius 3 is 3.04 bits per heavy atom. The smallest absolute Gasteiger partial charge is 0.271 e. The van der Waals surface area contributed by atoms with Gasteiger partial charge in [0.25, 0.3) is 5.91 Å². The summed E-state index contributed by atoms with van der Waals surface area (Å²) in [6.07, 6.45) is 0.856. The summed E-state index contributed by atoms with van der Waals surface area (Å²) in [6.45, 7) is 2.90. The normalized spacial score (nSPS) is 20.3. The zero-order valence-corrected chi connectivity index (χ0v) is 14.1. The number of rotatable bonds is 3. The molecule has 0 unspecified atom stereocenters. The van der Waals surface area contributed by atoms with Crippen LogP contribution in [0.3, 0.4) is 0 Å². The van der Waals surface area contributed by atoms with Crippen molar-refractivity contribution in [2.24, 2.45) is 0 Å². The van der Waals surface area contributed by atoms with Gasteiger partial charge in [0.05, 0.1) is 22.1 Å². The van der Waals surface area contributed by atoms with E-state index in [-0.39, 0.29) is 18.0 Å². The molecular weight excluding hydrogens is 332 g/mol. The van der Waals surface area contributed by atoms with Gasteiger partial charge in [-0.05, 0) is 31.5 Å². The molecule has 3 rings (SSSR count). The number of thiazole rings is 1. The Morgan fingerprint density at radius 2 is 2.39 bits per heavy atom. The van der Waals surface area contributed by atoms with Crippen LogP contribution in [0.1, 0.15) is 29.4 Å². The van der Waals surface area contributed by atoms with Crippen molar-refractivity contribution in [1.29, 1.82) is 5.26 Å². The molecular formula is C16H15ClN4OS. The minimum atomic E-state index is -0.136. The van der Waals surface area contributed by atoms with Crippen LogP contribution in [0.5, 0.6) is 0 Å². The molecule has 0 saturated carbocycles. The van der Waals surface area contributed by atoms with Crippen LogP contribution in [-0.4, -0.2) is 29.5 Å². The van der Waals surface area contributed by atoms with E-state index in [1.54, 1.807) is 23.0 Å². The summed E-state index contributed by atoms with van der Waals surface area (Å²) in [5.41, 5.74) is 3.54. The van der Waals surface area contributed by atoms with E-state index in [1.165, 1.54) is 11.3 Å². The van der Waals surface area contributed by atoms with Gasteiger partial charge in [0.15, 0.2) is 0 Å². The first-order valence-corrected chi connectivity index (χ1v) is 8.57. The van der Waals surface area contributed by atoms with Gasteiger partial charge in [0.1, 0.15) is 11.8 Å². The van der Waals surface area contributed by atoms with Gasteiger partial charge in [-0.3, -0.25) is 4.79 Å². The minimum Gasteiger partial charge on any atom is -0.367 e. The van der Waals surface area contributed by atoms with Gasteiger partial charge in [-0.1, -0.05) is 11.6 Å². The fourth-order valence-electron chi connectivity index (χ4n) is 2.84. The van der Waals surface area contributed by atoms with Gasteiger partial charge in [-0.15, -0.1) is 11.3 Å². The van der Waals surface area contributed by atoms with E-state index in [1.807, 2.05) is 6.07 Å². The molecule has 1 aromatic heterocycles. The molecule has 0 bridgehead atoms. The summed E-state index contributed by atoms with van der Waals surface area (Å²) >= 11 is 7.52. The SMILES string of the molecule is C[C@H]1[C@@H](NC(=O)c2cscn2)CCN1c1ccc(C#N)c(Cl)c1. The molecule has 1 saturated heterocycles. The molecule has 5 nitrogen and oxygen atoms in total. The van der Waals surface area contributed by atoms with Crippen LogP contribution in [0.25, 0.3) is 0 Å². The van der Waals surface area contributed by atoms with Crippen molar-refractivity contribution in [3.8, 4) is 6.07 Å². The quantitative estimate of drug-likeness (QED) is 0.927. The summed E-state index contributed by atoms with van der Waals surface area (Å²) < 4.78 is 0. The van der Waals surface area contributed by atoms with Crippen molar-refractivity contribution in [2.75, 3.05) is 11.4 Å². The third-order valence-electron chi connectivity index (χ3n) is 4.14. The summed E-state index contributed by atoms with van der Waals surface area (Å²) in [5, 5.41) is 14.2. The van der Waals surface area contributed by atoms with Crippen LogP contribution < -0.4 is 10.2 Å². The number of hydrogen-bond donors (Lipinski definition) is 1. The van der Waals surface area contributed by atoms with Crippen molar-refractivity contribution >= 4 is 34.5 Å². The number of nitriles is 1. The van der Waals surface area contributed by atoms with Crippen LogP contribution in [0.4, 0.5) is 5.69 Å². The Morgan fingerprint density at radius 1 is 1.57 bits per heavy atom. The van der Waals surface area contributed by atoms with Crippen molar-refractivity contribution in [2.45, 2.75) is 25.4 Å². The van der Waals surface area contributed by atoms with Gasteiger partial charge in [-0.25, -0.2) is 4.98 Å². The first-order chi connectivity index (χ1) is 11.1. The maximum absolute atomic E-state index is 12.1. The lowest BCUT2D eigenvalue weighted by molar-refractivity contribution is 0.0931. The number of aromatic nitrogens is 1. The van der Waals surface area contributed by atoms with Gasteiger partial charge in [-0.2, -0.15) is 5.26 Å². The molecule has 1 aliphatic heterocycles. The van der Waals surface area contributed by atoms with Gasteiger partial charge in [0, 0.05) is 23.7 Å². The van der Waals surface area contributed by atoms with Crippen molar-refractivity contribution in [3.63, 3.8) is 0 Å². The van der Waals surface area contributed by atoms with Crippen LogP contribution in [-0.2, 0) is 0 Å². The number of benzene rings is 1. The monoisotopic (exact) mass is 346 g/mol. The Hall–Kier alpha value is -2.10. The Balaban J connectivity index is 1.71. The molecule has 0 radical (unpaired) electrons. The zero-order valence-electron chi connectivity index (χ0n) is 12.5. The van der Waals surface area contributed by atoms with Crippen molar-refractivity contribution in [1.82, 2.24) is 10.3 Å². The largest absolute Gasteiger partial charge is 0.367 e. The highest BCUT2D eigenvalue weighted by Gasteiger charge is 2.32. The van der Waals surface area contributed by atoms with Crippen LogP contribution in [0.15, 0.2) is 29.1 Å². The Bertz CT molecular complexity index is 756. The zero-order chi connectivity index (χ0) is 16.4. The number of amides is 1. The van der Waals surface area contributed by atoms with E-state index >= 15 is 0 Å². The molecule has 2 aromatic rings. The van der Waals surface area contributed by atoms with Crippen LogP contribution in [0.2, 0.25) is 5.02 Å². The molecule has 118 valence electrons. The maximum atomic E-state index is 12.1. The second kappa shape index (κ2) is 6.57. The van der Waals surface area contributed by atoms with E-state index in [0.717, 1.165) is 18.7 Å². The second-order valence-corrected chi connectivity index (χ2v) is 6.58. The van der Waals surface area contributed by atoms with E-state index in [4.69, 9.17) is 16.9 Å². The van der Waals surface area contributed by atoms with Gasteiger partial charge >= 0.3 is 0 Å². The first kappa shape index (κ1) is 15.8. The lowest BCUT2D eigenvalue weighted by Crippen LogP contribution is -2.43. The van der Waals surface area contributed by atoms with E-state index in [9.17, 15) is 4.79 Å². The topological polar surface area (TPSA) is 69.0 Å². The molecule has 7 heteroatoms. The average Bonchev–Trinajstić information content (AvgIpc) is 3.18. The predicted molar refractivity (Wildman–Crippen MR) is 91.0 cm³/mol. The number of carbonyl (C=O) groups is 1. The molecule has 23 heavy (non-hydrogen) atoms. The van der Waals surface area contributed by atoms with Gasteiger partial charge < -0.3 is 10.2 Å². The molecule has 1 aromatic carbocycles. The predicted octanol–water partition coefficient (Wildman–Crippen LogP) is 3.07. The third kappa shape index (κ3) is 3.16. The highest BCUT2D eigenvalue weighted by Crippen LogP contribution is 2.29. The minimum absolute atomic E-state index is 0.0543. The third-order valence-corrected chi connectivity index (χ3v) is 5.04. The molecule has 2 atom stereocenters. The van der Waals surface area contributed by atoms with E-state index in [2.05, 4.69) is 28.2 Å². The summed E-state index contributed by atoms with van der Waals surface area (Å²) in [7, 11) is 0. The van der Waals surface area contributed by atoms with Crippen molar-refractivity contribution < 1.29 is 4.79 Å². The number of halogens is 1. The number of carbonyl (C=O) groups excluding carboxylic acids is 1. The summed E-state index contributed by atoms with van der Waals surface area (Å²) in [5.74, 6) is -0.136. The number of nitrogens with zero attached hydrogens (tertiary/aromatic N) is 3. The van der Waals surface area contributed by atoms with Crippen LogP contribution in [0, 0.1) is 11.3 Å². The fraction of sp³-hybridized carbons (Fsp3) is 0.312. The molecule has 1 fully saturated rings. The Kier molecular flexibility index (Phi) is 4.51. The highest BCUT2D eigenvalue weighted by molar-refractivity contribution is 7.07. The molecule has 1 aliphatic rings. The molecule has 1 N–H and O–H groups in total. The number of nitrogens with one attached hydrogen (secondary N) is 1. The molecule has 0 aliphatic carbocycles. The van der Waals surface area contributed by atoms with Crippen LogP contribution >= 0.6 is 22.9 Å².